The van der Waals surface area contributed by atoms with E-state index in [2.05, 4.69) is 20.4 Å². The Hall–Kier alpha value is 0.0300. The van der Waals surface area contributed by atoms with Crippen LogP contribution in [-0.2, 0) is 0 Å². The van der Waals surface area contributed by atoms with Crippen LogP contribution in [0, 0.1) is 17.3 Å². The molecule has 0 bridgehead atoms. The van der Waals surface area contributed by atoms with Crippen LogP contribution in [0.2, 0.25) is 0 Å². The van der Waals surface area contributed by atoms with Gasteiger partial charge in [0.1, 0.15) is 0 Å². The van der Waals surface area contributed by atoms with Gasteiger partial charge in [0.15, 0.2) is 0 Å². The van der Waals surface area contributed by atoms with Crippen LogP contribution in [0.5, 0.6) is 0 Å². The molecule has 0 saturated heterocycles. The molecule has 2 aliphatic carbocycles. The fourth-order valence-electron chi connectivity index (χ4n) is 2.53. The monoisotopic (exact) mass is 170 g/mol. The summed E-state index contributed by atoms with van der Waals surface area (Å²) in [7, 11) is 0. The van der Waals surface area contributed by atoms with E-state index in [1.54, 1.807) is 0 Å². The van der Waals surface area contributed by atoms with Gasteiger partial charge in [-0.1, -0.05) is 26.0 Å². The van der Waals surface area contributed by atoms with Gasteiger partial charge in [-0.05, 0) is 30.1 Å². The highest BCUT2D eigenvalue weighted by Gasteiger charge is 2.59. The van der Waals surface area contributed by atoms with Crippen LogP contribution in [0.3, 0.4) is 0 Å². The predicted molar refractivity (Wildman–Crippen MR) is 48.8 cm³/mol. The van der Waals surface area contributed by atoms with Crippen LogP contribution in [0.4, 0.5) is 0 Å². The SMILES string of the molecule is C=C1CC2C(C[C@H]1Cl)C2(C)C. The lowest BCUT2D eigenvalue weighted by Gasteiger charge is -2.16. The summed E-state index contributed by atoms with van der Waals surface area (Å²) in [5.41, 5.74) is 1.82. The van der Waals surface area contributed by atoms with Crippen LogP contribution in [0.1, 0.15) is 26.7 Å². The summed E-state index contributed by atoms with van der Waals surface area (Å²) >= 11 is 6.12. The Morgan fingerprint density at radius 1 is 1.45 bits per heavy atom. The third kappa shape index (κ3) is 0.955. The summed E-state index contributed by atoms with van der Waals surface area (Å²) in [5, 5.41) is 0.262. The lowest BCUT2D eigenvalue weighted by Crippen LogP contribution is -2.10. The van der Waals surface area contributed by atoms with Crippen LogP contribution in [-0.4, -0.2) is 5.38 Å². The molecule has 2 rings (SSSR count). The molecule has 62 valence electrons. The van der Waals surface area contributed by atoms with Crippen molar-refractivity contribution < 1.29 is 0 Å². The maximum atomic E-state index is 6.12. The Morgan fingerprint density at radius 2 is 2.09 bits per heavy atom. The van der Waals surface area contributed by atoms with Gasteiger partial charge in [0.25, 0.3) is 0 Å². The smallest absolute Gasteiger partial charge is 0.0545 e. The molecule has 0 nitrogen and oxygen atoms in total. The standard InChI is InChI=1S/C10H15Cl/c1-6-4-7-8(5-9(6)11)10(7,2)3/h7-9H,1,4-5H2,2-3H3/t7?,8?,9-/m1/s1. The van der Waals surface area contributed by atoms with Gasteiger partial charge in [0.2, 0.25) is 0 Å². The second-order valence-corrected chi connectivity index (χ2v) is 5.13. The number of rotatable bonds is 0. The summed E-state index contributed by atoms with van der Waals surface area (Å²) < 4.78 is 0. The summed E-state index contributed by atoms with van der Waals surface area (Å²) in [4.78, 5) is 0. The van der Waals surface area contributed by atoms with E-state index in [9.17, 15) is 0 Å². The first-order valence-electron chi connectivity index (χ1n) is 4.35. The van der Waals surface area contributed by atoms with Crippen molar-refractivity contribution >= 4 is 11.6 Å². The van der Waals surface area contributed by atoms with Gasteiger partial charge in [0, 0.05) is 0 Å². The van der Waals surface area contributed by atoms with E-state index in [0.717, 1.165) is 18.3 Å². The first-order valence-corrected chi connectivity index (χ1v) is 4.79. The van der Waals surface area contributed by atoms with Crippen molar-refractivity contribution in [3.63, 3.8) is 0 Å². The quantitative estimate of drug-likeness (QED) is 0.387. The minimum absolute atomic E-state index is 0.262. The predicted octanol–water partition coefficient (Wildman–Crippen LogP) is 3.22. The zero-order valence-electron chi connectivity index (χ0n) is 7.23. The molecule has 1 heteroatoms. The van der Waals surface area contributed by atoms with Crippen molar-refractivity contribution in [3.8, 4) is 0 Å². The molecule has 2 saturated carbocycles. The van der Waals surface area contributed by atoms with Crippen molar-refractivity contribution in [2.75, 3.05) is 0 Å². The second kappa shape index (κ2) is 2.04. The Balaban J connectivity index is 2.12. The second-order valence-electron chi connectivity index (χ2n) is 4.60. The number of fused-ring (bicyclic) bond motifs is 1. The molecule has 0 aromatic carbocycles. The fraction of sp³-hybridized carbons (Fsp3) is 0.800. The van der Waals surface area contributed by atoms with Gasteiger partial charge in [-0.25, -0.2) is 0 Å². The maximum absolute atomic E-state index is 6.12. The van der Waals surface area contributed by atoms with Crippen molar-refractivity contribution in [1.29, 1.82) is 0 Å². The largest absolute Gasteiger partial charge is 0.118 e. The normalized spacial score (nSPS) is 46.8. The fourth-order valence-corrected chi connectivity index (χ4v) is 2.81. The van der Waals surface area contributed by atoms with Gasteiger partial charge in [-0.3, -0.25) is 0 Å². The third-order valence-electron chi connectivity index (χ3n) is 3.67. The molecular formula is C10H15Cl. The van der Waals surface area contributed by atoms with Crippen LogP contribution < -0.4 is 0 Å². The average molecular weight is 171 g/mol. The average Bonchev–Trinajstić information content (AvgIpc) is 2.39. The third-order valence-corrected chi connectivity index (χ3v) is 4.16. The minimum atomic E-state index is 0.262. The van der Waals surface area contributed by atoms with Crippen LogP contribution >= 0.6 is 11.6 Å². The molecule has 0 aliphatic heterocycles. The van der Waals surface area contributed by atoms with E-state index < -0.39 is 0 Å². The van der Waals surface area contributed by atoms with Crippen molar-refractivity contribution in [2.45, 2.75) is 32.1 Å². The van der Waals surface area contributed by atoms with E-state index >= 15 is 0 Å². The molecule has 0 spiro atoms. The highest BCUT2D eigenvalue weighted by atomic mass is 35.5. The lowest BCUT2D eigenvalue weighted by atomic mass is 9.96. The Morgan fingerprint density at radius 3 is 2.64 bits per heavy atom. The van der Waals surface area contributed by atoms with E-state index in [1.807, 2.05) is 0 Å². The molecule has 2 unspecified atom stereocenters. The molecule has 0 heterocycles. The van der Waals surface area contributed by atoms with Crippen molar-refractivity contribution in [1.82, 2.24) is 0 Å². The minimum Gasteiger partial charge on any atom is -0.118 e. The zero-order chi connectivity index (χ0) is 8.22. The van der Waals surface area contributed by atoms with E-state index in [1.165, 1.54) is 12.0 Å². The molecule has 3 atom stereocenters. The Bertz CT molecular complexity index is 205. The highest BCUT2D eigenvalue weighted by Crippen LogP contribution is 2.66. The maximum Gasteiger partial charge on any atom is 0.0545 e. The number of halogens is 1. The van der Waals surface area contributed by atoms with Gasteiger partial charge >= 0.3 is 0 Å². The molecule has 0 N–H and O–H groups in total. The molecule has 11 heavy (non-hydrogen) atoms. The molecule has 2 aliphatic rings. The highest BCUT2D eigenvalue weighted by molar-refractivity contribution is 6.22. The first-order chi connectivity index (χ1) is 5.03. The summed E-state index contributed by atoms with van der Waals surface area (Å²) in [5.74, 6) is 1.78. The lowest BCUT2D eigenvalue weighted by molar-refractivity contribution is 0.537. The topological polar surface area (TPSA) is 0 Å². The molecular weight excluding hydrogens is 156 g/mol. The Kier molecular flexibility index (Phi) is 1.42. The van der Waals surface area contributed by atoms with E-state index in [4.69, 9.17) is 11.6 Å². The van der Waals surface area contributed by atoms with Gasteiger partial charge in [-0.15, -0.1) is 11.6 Å². The van der Waals surface area contributed by atoms with Gasteiger partial charge < -0.3 is 0 Å². The van der Waals surface area contributed by atoms with Crippen molar-refractivity contribution in [2.24, 2.45) is 17.3 Å². The summed E-state index contributed by atoms with van der Waals surface area (Å²) in [6.45, 7) is 8.71. The van der Waals surface area contributed by atoms with E-state index in [-0.39, 0.29) is 5.38 Å². The zero-order valence-corrected chi connectivity index (χ0v) is 7.99. The van der Waals surface area contributed by atoms with Crippen molar-refractivity contribution in [3.05, 3.63) is 12.2 Å². The summed E-state index contributed by atoms with van der Waals surface area (Å²) in [6.07, 6.45) is 2.34. The van der Waals surface area contributed by atoms with Crippen LogP contribution in [0.25, 0.3) is 0 Å². The number of allylic oxidation sites excluding steroid dienone is 1. The van der Waals surface area contributed by atoms with Gasteiger partial charge in [0.05, 0.1) is 5.38 Å². The van der Waals surface area contributed by atoms with E-state index in [0.29, 0.717) is 5.41 Å². The number of hydrogen-bond donors (Lipinski definition) is 0. The molecule has 0 aromatic heterocycles. The van der Waals surface area contributed by atoms with Crippen LogP contribution in [0.15, 0.2) is 12.2 Å². The first kappa shape index (κ1) is 7.67. The summed E-state index contributed by atoms with van der Waals surface area (Å²) in [6, 6.07) is 0. The molecule has 0 radical (unpaired) electrons. The number of alkyl halides is 1. The molecule has 0 amide bonds. The van der Waals surface area contributed by atoms with Gasteiger partial charge in [-0.2, -0.15) is 0 Å². The Labute approximate surface area is 73.6 Å². The molecule has 0 aromatic rings. The molecule has 2 fully saturated rings. The number of hydrogen-bond acceptors (Lipinski definition) is 0.